The van der Waals surface area contributed by atoms with Crippen molar-refractivity contribution in [2.75, 3.05) is 6.54 Å². The minimum Gasteiger partial charge on any atom is -0.348 e. The maximum absolute atomic E-state index is 13.3. The second kappa shape index (κ2) is 8.21. The van der Waals surface area contributed by atoms with Crippen LogP contribution in [-0.4, -0.2) is 29.3 Å². The zero-order valence-electron chi connectivity index (χ0n) is 16.0. The van der Waals surface area contributed by atoms with Crippen LogP contribution in [0.25, 0.3) is 0 Å². The van der Waals surface area contributed by atoms with Crippen LogP contribution in [0.4, 0.5) is 9.18 Å². The van der Waals surface area contributed by atoms with E-state index in [2.05, 4.69) is 10.6 Å². The maximum Gasteiger partial charge on any atom is 0.325 e. The van der Waals surface area contributed by atoms with E-state index in [9.17, 15) is 18.8 Å². The molecule has 29 heavy (non-hydrogen) atoms. The smallest absolute Gasteiger partial charge is 0.325 e. The van der Waals surface area contributed by atoms with Crippen LogP contribution in [0.1, 0.15) is 37.4 Å². The van der Waals surface area contributed by atoms with E-state index >= 15 is 0 Å². The Morgan fingerprint density at radius 1 is 1.21 bits per heavy atom. The number of carbonyl (C=O) groups excluding carboxylic acids is 3. The second-order valence-corrected chi connectivity index (χ2v) is 7.31. The Morgan fingerprint density at radius 2 is 1.86 bits per heavy atom. The molecule has 4 amide bonds. The predicted octanol–water partition coefficient (Wildman–Crippen LogP) is 3.51. The third-order valence-electron chi connectivity index (χ3n) is 5.09. The molecule has 1 saturated heterocycles. The van der Waals surface area contributed by atoms with Gasteiger partial charge in [-0.2, -0.15) is 0 Å². The van der Waals surface area contributed by atoms with E-state index < -0.39 is 41.8 Å². The Kier molecular flexibility index (Phi) is 5.88. The number of hydrogen-bond donors (Lipinski definition) is 2. The number of urea groups is 1. The monoisotopic (exact) mass is 417 g/mol. The molecule has 2 atom stereocenters. The highest BCUT2D eigenvalue weighted by molar-refractivity contribution is 6.31. The summed E-state index contributed by atoms with van der Waals surface area (Å²) < 4.78 is 13.3. The average molecular weight is 418 g/mol. The van der Waals surface area contributed by atoms with Crippen molar-refractivity contribution in [3.63, 3.8) is 0 Å². The number of imide groups is 1. The van der Waals surface area contributed by atoms with Crippen LogP contribution < -0.4 is 10.6 Å². The van der Waals surface area contributed by atoms with Crippen molar-refractivity contribution in [2.24, 2.45) is 0 Å². The highest BCUT2D eigenvalue weighted by atomic mass is 35.5. The third-order valence-corrected chi connectivity index (χ3v) is 5.44. The SMILES string of the molecule is CCC1(c2ccc(F)cc2)NC(=O)N(CC(=O)NC(C)c2ccccc2Cl)C1=O. The van der Waals surface area contributed by atoms with Gasteiger partial charge in [-0.15, -0.1) is 0 Å². The van der Waals surface area contributed by atoms with Gasteiger partial charge in [-0.1, -0.05) is 48.9 Å². The lowest BCUT2D eigenvalue weighted by Gasteiger charge is -2.25. The van der Waals surface area contributed by atoms with Crippen LogP contribution in [0.15, 0.2) is 48.5 Å². The number of nitrogens with one attached hydrogen (secondary N) is 2. The Bertz CT molecular complexity index is 950. The summed E-state index contributed by atoms with van der Waals surface area (Å²) in [6, 6.07) is 11.4. The standard InChI is InChI=1S/C21H21ClFN3O3/c1-3-21(14-8-10-15(23)11-9-14)19(28)26(20(29)25-21)12-18(27)24-13(2)16-6-4-5-7-17(16)22/h4-11,13H,3,12H2,1-2H3,(H,24,27)(H,25,29). The van der Waals surface area contributed by atoms with Crippen molar-refractivity contribution in [3.05, 3.63) is 70.5 Å². The minimum absolute atomic E-state index is 0.261. The number of rotatable bonds is 6. The lowest BCUT2D eigenvalue weighted by Crippen LogP contribution is -2.45. The fourth-order valence-electron chi connectivity index (χ4n) is 3.48. The molecule has 3 rings (SSSR count). The Morgan fingerprint density at radius 3 is 2.48 bits per heavy atom. The molecule has 2 aromatic carbocycles. The lowest BCUT2D eigenvalue weighted by atomic mass is 9.87. The van der Waals surface area contributed by atoms with Gasteiger partial charge >= 0.3 is 6.03 Å². The molecule has 8 heteroatoms. The quantitative estimate of drug-likeness (QED) is 0.706. The van der Waals surface area contributed by atoms with E-state index in [0.29, 0.717) is 10.6 Å². The van der Waals surface area contributed by atoms with E-state index in [4.69, 9.17) is 11.6 Å². The number of nitrogens with zero attached hydrogens (tertiary/aromatic N) is 1. The van der Waals surface area contributed by atoms with Crippen molar-refractivity contribution >= 4 is 29.4 Å². The van der Waals surface area contributed by atoms with Gasteiger partial charge in [0.25, 0.3) is 5.91 Å². The predicted molar refractivity (Wildman–Crippen MR) is 107 cm³/mol. The van der Waals surface area contributed by atoms with Crippen LogP contribution >= 0.6 is 11.6 Å². The van der Waals surface area contributed by atoms with Gasteiger partial charge in [0.1, 0.15) is 17.9 Å². The summed E-state index contributed by atoms with van der Waals surface area (Å²) in [5.74, 6) is -1.48. The molecule has 2 N–H and O–H groups in total. The normalized spacial score (nSPS) is 19.8. The van der Waals surface area contributed by atoms with Gasteiger partial charge < -0.3 is 10.6 Å². The van der Waals surface area contributed by atoms with Crippen LogP contribution in [0.2, 0.25) is 5.02 Å². The summed E-state index contributed by atoms with van der Waals surface area (Å²) in [6.07, 6.45) is 0.261. The minimum atomic E-state index is -1.32. The van der Waals surface area contributed by atoms with Crippen molar-refractivity contribution in [1.29, 1.82) is 0 Å². The number of hydrogen-bond acceptors (Lipinski definition) is 3. The van der Waals surface area contributed by atoms with Crippen molar-refractivity contribution < 1.29 is 18.8 Å². The van der Waals surface area contributed by atoms with Crippen LogP contribution in [0.5, 0.6) is 0 Å². The Hall–Kier alpha value is -2.93. The van der Waals surface area contributed by atoms with Crippen LogP contribution in [0.3, 0.4) is 0 Å². The maximum atomic E-state index is 13.3. The largest absolute Gasteiger partial charge is 0.348 e. The number of carbonyl (C=O) groups is 3. The van der Waals surface area contributed by atoms with E-state index in [0.717, 1.165) is 10.5 Å². The summed E-state index contributed by atoms with van der Waals surface area (Å²) in [5, 5.41) is 5.93. The van der Waals surface area contributed by atoms with Crippen molar-refractivity contribution in [3.8, 4) is 0 Å². The molecule has 0 saturated carbocycles. The van der Waals surface area contributed by atoms with Crippen LogP contribution in [-0.2, 0) is 15.1 Å². The molecule has 6 nitrogen and oxygen atoms in total. The molecule has 1 aliphatic heterocycles. The number of benzene rings is 2. The lowest BCUT2D eigenvalue weighted by molar-refractivity contribution is -0.135. The van der Waals surface area contributed by atoms with Gasteiger partial charge in [0, 0.05) is 5.02 Å². The van der Waals surface area contributed by atoms with Gasteiger partial charge in [-0.05, 0) is 42.7 Å². The number of amides is 4. The Labute approximate surface area is 173 Å². The van der Waals surface area contributed by atoms with E-state index in [1.807, 2.05) is 0 Å². The zero-order chi connectivity index (χ0) is 21.2. The zero-order valence-corrected chi connectivity index (χ0v) is 16.8. The van der Waals surface area contributed by atoms with Gasteiger partial charge in [0.2, 0.25) is 5.91 Å². The molecule has 0 spiro atoms. The third kappa shape index (κ3) is 3.96. The highest BCUT2D eigenvalue weighted by Gasteiger charge is 2.51. The summed E-state index contributed by atoms with van der Waals surface area (Å²) in [6.45, 7) is 3.08. The van der Waals surface area contributed by atoms with E-state index in [1.54, 1.807) is 38.1 Å². The molecule has 2 unspecified atom stereocenters. The fraction of sp³-hybridized carbons (Fsp3) is 0.286. The highest BCUT2D eigenvalue weighted by Crippen LogP contribution is 2.32. The molecule has 1 fully saturated rings. The first-order valence-corrected chi connectivity index (χ1v) is 9.60. The molecular weight excluding hydrogens is 397 g/mol. The summed E-state index contributed by atoms with van der Waals surface area (Å²) in [5.41, 5.74) is -0.125. The molecular formula is C21H21ClFN3O3. The van der Waals surface area contributed by atoms with Gasteiger partial charge in [-0.25, -0.2) is 9.18 Å². The molecule has 0 bridgehead atoms. The van der Waals surface area contributed by atoms with Crippen LogP contribution in [0, 0.1) is 5.82 Å². The average Bonchev–Trinajstić information content (AvgIpc) is 2.94. The second-order valence-electron chi connectivity index (χ2n) is 6.90. The van der Waals surface area contributed by atoms with E-state index in [1.165, 1.54) is 24.3 Å². The first kappa shape index (κ1) is 20.8. The molecule has 2 aromatic rings. The Balaban J connectivity index is 1.75. The summed E-state index contributed by atoms with van der Waals surface area (Å²) in [7, 11) is 0. The van der Waals surface area contributed by atoms with Gasteiger partial charge in [0.05, 0.1) is 6.04 Å². The molecule has 152 valence electrons. The van der Waals surface area contributed by atoms with Crippen molar-refractivity contribution in [2.45, 2.75) is 31.8 Å². The van der Waals surface area contributed by atoms with E-state index in [-0.39, 0.29) is 6.42 Å². The number of halogens is 2. The molecule has 1 aliphatic rings. The van der Waals surface area contributed by atoms with Gasteiger partial charge in [-0.3, -0.25) is 14.5 Å². The summed E-state index contributed by atoms with van der Waals surface area (Å²) in [4.78, 5) is 38.9. The first-order chi connectivity index (χ1) is 13.8. The van der Waals surface area contributed by atoms with Gasteiger partial charge in [0.15, 0.2) is 0 Å². The topological polar surface area (TPSA) is 78.5 Å². The first-order valence-electron chi connectivity index (χ1n) is 9.22. The molecule has 0 aromatic heterocycles. The molecule has 0 aliphatic carbocycles. The molecule has 0 radical (unpaired) electrons. The summed E-state index contributed by atoms with van der Waals surface area (Å²) >= 11 is 6.15. The molecule has 1 heterocycles. The van der Waals surface area contributed by atoms with Crippen molar-refractivity contribution in [1.82, 2.24) is 15.5 Å². The fourth-order valence-corrected chi connectivity index (χ4v) is 3.78.